The van der Waals surface area contributed by atoms with Gasteiger partial charge in [-0.25, -0.2) is 4.68 Å². The molecule has 0 saturated heterocycles. The van der Waals surface area contributed by atoms with Gasteiger partial charge in [0.15, 0.2) is 0 Å². The van der Waals surface area contributed by atoms with Gasteiger partial charge in [0.1, 0.15) is 11.8 Å². The molecule has 0 amide bonds. The summed E-state index contributed by atoms with van der Waals surface area (Å²) in [5.74, 6) is 0. The minimum absolute atomic E-state index is 0.469. The van der Waals surface area contributed by atoms with Gasteiger partial charge in [-0.05, 0) is 60.5 Å². The Balaban J connectivity index is 1.53. The van der Waals surface area contributed by atoms with Crippen LogP contribution in [0.3, 0.4) is 0 Å². The summed E-state index contributed by atoms with van der Waals surface area (Å²) in [5.41, 5.74) is 6.01. The van der Waals surface area contributed by atoms with Crippen molar-refractivity contribution in [1.29, 1.82) is 5.26 Å². The van der Waals surface area contributed by atoms with Crippen molar-refractivity contribution < 1.29 is 0 Å². The number of nitrogens with one attached hydrogen (secondary N) is 1. The zero-order chi connectivity index (χ0) is 20.2. The van der Waals surface area contributed by atoms with E-state index in [1.54, 1.807) is 23.1 Å². The third-order valence-electron chi connectivity index (χ3n) is 4.58. The maximum atomic E-state index is 9.50. The summed E-state index contributed by atoms with van der Waals surface area (Å²) in [5, 5.41) is 18.2. The van der Waals surface area contributed by atoms with E-state index in [9.17, 15) is 5.26 Å². The van der Waals surface area contributed by atoms with Gasteiger partial charge in [0.05, 0.1) is 11.4 Å². The summed E-state index contributed by atoms with van der Waals surface area (Å²) in [7, 11) is 0. The van der Waals surface area contributed by atoms with Crippen LogP contribution in [0.25, 0.3) is 16.9 Å². The van der Waals surface area contributed by atoms with Crippen LogP contribution >= 0.6 is 11.6 Å². The molecule has 0 saturated carbocycles. The van der Waals surface area contributed by atoms with Gasteiger partial charge in [-0.1, -0.05) is 23.7 Å². The van der Waals surface area contributed by atoms with Crippen molar-refractivity contribution in [2.45, 2.75) is 13.5 Å². The van der Waals surface area contributed by atoms with Crippen LogP contribution in [0.4, 0.5) is 5.69 Å². The SMILES string of the molecule is Cc1ccc(CNc2ccc(-n3nc(-c4cccnc4)cc3C#N)cc2)c(Cl)c1. The van der Waals surface area contributed by atoms with E-state index in [2.05, 4.69) is 21.5 Å². The van der Waals surface area contributed by atoms with Crippen molar-refractivity contribution in [2.24, 2.45) is 0 Å². The predicted octanol–water partition coefficient (Wildman–Crippen LogP) is 5.38. The normalized spacial score (nSPS) is 10.5. The van der Waals surface area contributed by atoms with Gasteiger partial charge >= 0.3 is 0 Å². The van der Waals surface area contributed by atoms with Crippen LogP contribution in [0.2, 0.25) is 5.02 Å². The van der Waals surface area contributed by atoms with Crippen molar-refractivity contribution in [1.82, 2.24) is 14.8 Å². The lowest BCUT2D eigenvalue weighted by molar-refractivity contribution is 0.869. The van der Waals surface area contributed by atoms with E-state index in [-0.39, 0.29) is 0 Å². The van der Waals surface area contributed by atoms with Gasteiger partial charge in [-0.2, -0.15) is 10.4 Å². The van der Waals surface area contributed by atoms with E-state index in [0.717, 1.165) is 33.1 Å². The number of aromatic nitrogens is 3. The van der Waals surface area contributed by atoms with Gasteiger partial charge in [0.2, 0.25) is 0 Å². The highest BCUT2D eigenvalue weighted by molar-refractivity contribution is 6.31. The number of anilines is 1. The number of nitriles is 1. The maximum Gasteiger partial charge on any atom is 0.144 e. The molecule has 1 N–H and O–H groups in total. The average molecular weight is 400 g/mol. The van der Waals surface area contributed by atoms with Gasteiger partial charge in [-0.3, -0.25) is 4.98 Å². The van der Waals surface area contributed by atoms with E-state index in [4.69, 9.17) is 11.6 Å². The number of aryl methyl sites for hydroxylation is 1. The number of rotatable bonds is 5. The van der Waals surface area contributed by atoms with Crippen molar-refractivity contribution in [2.75, 3.05) is 5.32 Å². The Kier molecular flexibility index (Phi) is 5.28. The summed E-state index contributed by atoms with van der Waals surface area (Å²) in [4.78, 5) is 4.12. The smallest absolute Gasteiger partial charge is 0.144 e. The molecule has 0 aliphatic carbocycles. The number of halogens is 1. The molecule has 0 fully saturated rings. The topological polar surface area (TPSA) is 66.5 Å². The summed E-state index contributed by atoms with van der Waals surface area (Å²) in [6.07, 6.45) is 3.44. The highest BCUT2D eigenvalue weighted by Gasteiger charge is 2.11. The molecule has 0 atom stereocenters. The van der Waals surface area contributed by atoms with E-state index in [1.165, 1.54) is 0 Å². The Hall–Kier alpha value is -3.62. The van der Waals surface area contributed by atoms with Crippen molar-refractivity contribution >= 4 is 17.3 Å². The Labute approximate surface area is 174 Å². The van der Waals surface area contributed by atoms with Gasteiger partial charge in [0.25, 0.3) is 0 Å². The maximum absolute atomic E-state index is 9.50. The minimum atomic E-state index is 0.469. The second-order valence-electron chi connectivity index (χ2n) is 6.68. The first kappa shape index (κ1) is 18.7. The van der Waals surface area contributed by atoms with Crippen LogP contribution in [0, 0.1) is 18.3 Å². The van der Waals surface area contributed by atoms with Crippen LogP contribution in [0.15, 0.2) is 73.1 Å². The molecular formula is C23H18ClN5. The van der Waals surface area contributed by atoms with E-state index in [0.29, 0.717) is 17.9 Å². The largest absolute Gasteiger partial charge is 0.381 e. The first-order valence-electron chi connectivity index (χ1n) is 9.14. The fourth-order valence-electron chi connectivity index (χ4n) is 3.03. The molecule has 4 aromatic rings. The Morgan fingerprint density at radius 2 is 1.93 bits per heavy atom. The third kappa shape index (κ3) is 4.13. The third-order valence-corrected chi connectivity index (χ3v) is 4.94. The van der Waals surface area contributed by atoms with Crippen LogP contribution in [0.1, 0.15) is 16.8 Å². The number of nitrogens with zero attached hydrogens (tertiary/aromatic N) is 4. The molecule has 2 aromatic heterocycles. The summed E-state index contributed by atoms with van der Waals surface area (Å²) in [6.45, 7) is 2.65. The van der Waals surface area contributed by atoms with E-state index in [1.807, 2.05) is 61.5 Å². The highest BCUT2D eigenvalue weighted by atomic mass is 35.5. The second-order valence-corrected chi connectivity index (χ2v) is 7.08. The molecular weight excluding hydrogens is 382 g/mol. The monoisotopic (exact) mass is 399 g/mol. The summed E-state index contributed by atoms with van der Waals surface area (Å²) in [6, 6.07) is 21.6. The highest BCUT2D eigenvalue weighted by Crippen LogP contribution is 2.23. The number of hydrogen-bond acceptors (Lipinski definition) is 4. The van der Waals surface area contributed by atoms with E-state index >= 15 is 0 Å². The Bertz CT molecular complexity index is 1170. The average Bonchev–Trinajstić information content (AvgIpc) is 3.19. The van der Waals surface area contributed by atoms with Crippen molar-refractivity contribution in [3.8, 4) is 23.0 Å². The predicted molar refractivity (Wildman–Crippen MR) is 115 cm³/mol. The quantitative estimate of drug-likeness (QED) is 0.489. The standard InChI is InChI=1S/C23H18ClN5/c1-16-4-5-17(22(24)11-16)15-27-19-6-8-20(9-7-19)29-21(13-25)12-23(28-29)18-3-2-10-26-14-18/h2-12,14,27H,15H2,1H3. The van der Waals surface area contributed by atoms with Gasteiger partial charge < -0.3 is 5.32 Å². The molecule has 0 radical (unpaired) electrons. The molecule has 2 aromatic carbocycles. The summed E-state index contributed by atoms with van der Waals surface area (Å²) < 4.78 is 1.64. The molecule has 6 heteroatoms. The van der Waals surface area contributed by atoms with Gasteiger partial charge in [-0.15, -0.1) is 0 Å². The fourth-order valence-corrected chi connectivity index (χ4v) is 3.33. The molecule has 0 unspecified atom stereocenters. The molecule has 0 bridgehead atoms. The zero-order valence-corrected chi connectivity index (χ0v) is 16.6. The lowest BCUT2D eigenvalue weighted by Gasteiger charge is -2.10. The molecule has 5 nitrogen and oxygen atoms in total. The van der Waals surface area contributed by atoms with Crippen LogP contribution in [-0.2, 0) is 6.54 Å². The molecule has 142 valence electrons. The van der Waals surface area contributed by atoms with Gasteiger partial charge in [0, 0.05) is 41.3 Å². The first-order chi connectivity index (χ1) is 14.1. The molecule has 0 aliphatic rings. The molecule has 0 spiro atoms. The molecule has 29 heavy (non-hydrogen) atoms. The van der Waals surface area contributed by atoms with Crippen LogP contribution < -0.4 is 5.32 Å². The number of benzene rings is 2. The lowest BCUT2D eigenvalue weighted by Crippen LogP contribution is -2.02. The summed E-state index contributed by atoms with van der Waals surface area (Å²) >= 11 is 6.30. The van der Waals surface area contributed by atoms with Crippen LogP contribution in [-0.4, -0.2) is 14.8 Å². The van der Waals surface area contributed by atoms with Crippen molar-refractivity contribution in [3.63, 3.8) is 0 Å². The zero-order valence-electron chi connectivity index (χ0n) is 15.8. The Morgan fingerprint density at radius 3 is 2.62 bits per heavy atom. The Morgan fingerprint density at radius 1 is 1.10 bits per heavy atom. The molecule has 2 heterocycles. The number of hydrogen-bond donors (Lipinski definition) is 1. The molecule has 0 aliphatic heterocycles. The number of pyridine rings is 1. The van der Waals surface area contributed by atoms with E-state index < -0.39 is 0 Å². The minimum Gasteiger partial charge on any atom is -0.381 e. The second kappa shape index (κ2) is 8.17. The lowest BCUT2D eigenvalue weighted by atomic mass is 10.1. The molecule has 4 rings (SSSR count). The first-order valence-corrected chi connectivity index (χ1v) is 9.52. The van der Waals surface area contributed by atoms with Crippen molar-refractivity contribution in [3.05, 3.63) is 94.9 Å². The fraction of sp³-hybridized carbons (Fsp3) is 0.0870. The van der Waals surface area contributed by atoms with Crippen LogP contribution in [0.5, 0.6) is 0 Å².